The van der Waals surface area contributed by atoms with E-state index < -0.39 is 54.6 Å². The average Bonchev–Trinajstić information content (AvgIpc) is 2.80. The number of carboxylic acid groups (broad SMARTS) is 2. The number of hydrogen-bond acceptors (Lipinski definition) is 10. The third-order valence-corrected chi connectivity index (χ3v) is 5.43. The highest BCUT2D eigenvalue weighted by molar-refractivity contribution is 6.03. The summed E-state index contributed by atoms with van der Waals surface area (Å²) in [5.41, 5.74) is -0.414. The molecule has 1 heterocycles. The number of aliphatic hydroxyl groups excluding tert-OH is 3. The number of hydrogen-bond donors (Lipinski definition) is 5. The van der Waals surface area contributed by atoms with Gasteiger partial charge >= 0.3 is 23.9 Å². The van der Waals surface area contributed by atoms with E-state index >= 15 is 0 Å². The zero-order valence-corrected chi connectivity index (χ0v) is 18.4. The third-order valence-electron chi connectivity index (χ3n) is 5.43. The highest BCUT2D eigenvalue weighted by Gasteiger charge is 2.48. The van der Waals surface area contributed by atoms with Gasteiger partial charge in [-0.1, -0.05) is 25.5 Å². The van der Waals surface area contributed by atoms with Crippen molar-refractivity contribution >= 4 is 23.9 Å². The van der Waals surface area contributed by atoms with Gasteiger partial charge in [0.15, 0.2) is 6.10 Å². The second-order valence-electron chi connectivity index (χ2n) is 7.84. The Hall–Kier alpha value is -3.06. The number of rotatable bonds is 11. The molecular weight excluding hydrogens is 456 g/mol. The SMILES string of the molecule is CCC(CCCC(=O)O)COC(=O)c1ccccc1C(=O)O[C@@H]1O[C@H](C(=O)O)[C@@H](O)C(O)[C@H]1O. The van der Waals surface area contributed by atoms with Crippen molar-refractivity contribution in [2.24, 2.45) is 5.92 Å². The Bertz CT molecular complexity index is 884. The second kappa shape index (κ2) is 12.4. The first-order valence-electron chi connectivity index (χ1n) is 10.7. The Kier molecular flexibility index (Phi) is 9.93. The van der Waals surface area contributed by atoms with Gasteiger partial charge in [-0.2, -0.15) is 0 Å². The van der Waals surface area contributed by atoms with Crippen LogP contribution >= 0.6 is 0 Å². The molecule has 2 unspecified atom stereocenters. The summed E-state index contributed by atoms with van der Waals surface area (Å²) in [6.45, 7) is 1.88. The highest BCUT2D eigenvalue weighted by Crippen LogP contribution is 2.24. The lowest BCUT2D eigenvalue weighted by molar-refractivity contribution is -0.278. The Labute approximate surface area is 194 Å². The van der Waals surface area contributed by atoms with Crippen LogP contribution in [0.25, 0.3) is 0 Å². The Morgan fingerprint density at radius 2 is 1.59 bits per heavy atom. The van der Waals surface area contributed by atoms with E-state index in [4.69, 9.17) is 24.4 Å². The molecule has 0 radical (unpaired) electrons. The van der Waals surface area contributed by atoms with Crippen molar-refractivity contribution < 1.29 is 58.9 Å². The smallest absolute Gasteiger partial charge is 0.341 e. The first kappa shape index (κ1) is 27.2. The van der Waals surface area contributed by atoms with Gasteiger partial charge in [0.2, 0.25) is 6.29 Å². The van der Waals surface area contributed by atoms with Crippen LogP contribution < -0.4 is 0 Å². The lowest BCUT2D eigenvalue weighted by atomic mass is 9.99. The van der Waals surface area contributed by atoms with Crippen LogP contribution in [0.3, 0.4) is 0 Å². The molecule has 0 saturated carbocycles. The fourth-order valence-corrected chi connectivity index (χ4v) is 3.38. The molecular formula is C22H28O12. The summed E-state index contributed by atoms with van der Waals surface area (Å²) in [5, 5.41) is 47.4. The zero-order valence-electron chi connectivity index (χ0n) is 18.4. The summed E-state index contributed by atoms with van der Waals surface area (Å²) in [6, 6.07) is 5.47. The molecule has 0 amide bonds. The minimum atomic E-state index is -1.96. The van der Waals surface area contributed by atoms with Crippen LogP contribution in [-0.4, -0.2) is 86.7 Å². The van der Waals surface area contributed by atoms with Crippen molar-refractivity contribution in [3.05, 3.63) is 35.4 Å². The summed E-state index contributed by atoms with van der Waals surface area (Å²) in [6.07, 6.45) is -8.12. The molecule has 0 aromatic heterocycles. The molecule has 34 heavy (non-hydrogen) atoms. The van der Waals surface area contributed by atoms with Crippen LogP contribution in [0.4, 0.5) is 0 Å². The topological polar surface area (TPSA) is 197 Å². The van der Waals surface area contributed by atoms with Gasteiger partial charge in [-0.15, -0.1) is 0 Å². The molecule has 6 atom stereocenters. The third kappa shape index (κ3) is 6.97. The van der Waals surface area contributed by atoms with Crippen LogP contribution in [0.1, 0.15) is 53.3 Å². The standard InChI is InChI=1S/C22H28O12/c1-2-11(6-5-9-14(23)24)10-32-20(30)12-7-3-4-8-13(12)21(31)34-22-17(27)15(25)16(26)18(33-22)19(28)29/h3-4,7-8,11,15-18,22,25-27H,2,5-6,9-10H2,1H3,(H,23,24)(H,28,29)/t11?,15?,16-,17+,18-,22-/m0/s1. The first-order chi connectivity index (χ1) is 16.1. The van der Waals surface area contributed by atoms with Crippen LogP contribution in [0.15, 0.2) is 24.3 Å². The van der Waals surface area contributed by atoms with E-state index in [1.807, 2.05) is 6.92 Å². The molecule has 1 aliphatic heterocycles. The Morgan fingerprint density at radius 1 is 0.971 bits per heavy atom. The number of aliphatic hydroxyl groups is 3. The summed E-state index contributed by atoms with van der Waals surface area (Å²) < 4.78 is 15.2. The minimum Gasteiger partial charge on any atom is -0.481 e. The summed E-state index contributed by atoms with van der Waals surface area (Å²) >= 11 is 0. The molecule has 1 aromatic carbocycles. The fraction of sp³-hybridized carbons (Fsp3) is 0.545. The molecule has 12 nitrogen and oxygen atoms in total. The van der Waals surface area contributed by atoms with Gasteiger partial charge in [0.1, 0.15) is 18.3 Å². The summed E-state index contributed by atoms with van der Waals surface area (Å²) in [4.78, 5) is 47.2. The van der Waals surface area contributed by atoms with Gasteiger partial charge in [-0.05, 0) is 30.9 Å². The maximum atomic E-state index is 12.7. The molecule has 12 heteroatoms. The monoisotopic (exact) mass is 484 g/mol. The van der Waals surface area contributed by atoms with E-state index in [1.54, 1.807) is 0 Å². The minimum absolute atomic E-state index is 0.00265. The predicted octanol–water partition coefficient (Wildman–Crippen LogP) is 0.174. The zero-order chi connectivity index (χ0) is 25.4. The molecule has 1 aromatic rings. The lowest BCUT2D eigenvalue weighted by Gasteiger charge is -2.37. The van der Waals surface area contributed by atoms with Crippen LogP contribution in [0.5, 0.6) is 0 Å². The van der Waals surface area contributed by atoms with Crippen molar-refractivity contribution in [1.29, 1.82) is 0 Å². The normalized spacial score (nSPS) is 25.2. The van der Waals surface area contributed by atoms with Crippen molar-refractivity contribution in [1.82, 2.24) is 0 Å². The molecule has 2 rings (SSSR count). The van der Waals surface area contributed by atoms with Crippen LogP contribution in [-0.2, 0) is 23.8 Å². The first-order valence-corrected chi connectivity index (χ1v) is 10.7. The molecule has 5 N–H and O–H groups in total. The fourth-order valence-electron chi connectivity index (χ4n) is 3.38. The van der Waals surface area contributed by atoms with Crippen molar-refractivity contribution in [2.75, 3.05) is 6.61 Å². The predicted molar refractivity (Wildman–Crippen MR) is 112 cm³/mol. The van der Waals surface area contributed by atoms with Crippen LogP contribution in [0, 0.1) is 5.92 Å². The maximum Gasteiger partial charge on any atom is 0.341 e. The molecule has 0 bridgehead atoms. The Morgan fingerprint density at radius 3 is 2.15 bits per heavy atom. The van der Waals surface area contributed by atoms with Gasteiger partial charge in [0.25, 0.3) is 0 Å². The van der Waals surface area contributed by atoms with Gasteiger partial charge in [0, 0.05) is 6.42 Å². The number of aliphatic carboxylic acids is 2. The van der Waals surface area contributed by atoms with E-state index in [1.165, 1.54) is 24.3 Å². The van der Waals surface area contributed by atoms with Crippen LogP contribution in [0.2, 0.25) is 0 Å². The average molecular weight is 484 g/mol. The summed E-state index contributed by atoms with van der Waals surface area (Å²) in [5.74, 6) is -4.62. The highest BCUT2D eigenvalue weighted by atomic mass is 16.7. The molecule has 1 aliphatic rings. The van der Waals surface area contributed by atoms with E-state index in [0.29, 0.717) is 19.3 Å². The van der Waals surface area contributed by atoms with E-state index in [2.05, 4.69) is 0 Å². The molecule has 188 valence electrons. The number of ether oxygens (including phenoxy) is 3. The second-order valence-corrected chi connectivity index (χ2v) is 7.84. The van der Waals surface area contributed by atoms with Gasteiger partial charge in [0.05, 0.1) is 17.7 Å². The summed E-state index contributed by atoms with van der Waals surface area (Å²) in [7, 11) is 0. The molecule has 0 spiro atoms. The van der Waals surface area contributed by atoms with E-state index in [9.17, 15) is 34.5 Å². The van der Waals surface area contributed by atoms with E-state index in [-0.39, 0.29) is 30.1 Å². The van der Waals surface area contributed by atoms with E-state index in [0.717, 1.165) is 0 Å². The van der Waals surface area contributed by atoms with Crippen molar-refractivity contribution in [3.63, 3.8) is 0 Å². The number of carboxylic acids is 2. The number of esters is 2. The number of benzene rings is 1. The maximum absolute atomic E-state index is 12.7. The lowest BCUT2D eigenvalue weighted by Crippen LogP contribution is -2.60. The quantitative estimate of drug-likeness (QED) is 0.267. The molecule has 0 aliphatic carbocycles. The van der Waals surface area contributed by atoms with Crippen molar-refractivity contribution in [3.8, 4) is 0 Å². The van der Waals surface area contributed by atoms with Crippen molar-refractivity contribution in [2.45, 2.75) is 63.3 Å². The number of carbonyl (C=O) groups excluding carboxylic acids is 2. The molecule has 1 fully saturated rings. The number of carbonyl (C=O) groups is 4. The molecule has 1 saturated heterocycles. The largest absolute Gasteiger partial charge is 0.481 e. The van der Waals surface area contributed by atoms with Gasteiger partial charge < -0.3 is 39.7 Å². The van der Waals surface area contributed by atoms with Gasteiger partial charge in [-0.25, -0.2) is 14.4 Å². The van der Waals surface area contributed by atoms with Gasteiger partial charge in [-0.3, -0.25) is 4.79 Å². The Balaban J connectivity index is 2.07.